The third-order valence-electron chi connectivity index (χ3n) is 2.56. The van der Waals surface area contributed by atoms with E-state index in [9.17, 15) is 0 Å². The summed E-state index contributed by atoms with van der Waals surface area (Å²) in [5.41, 5.74) is 2.78. The molecule has 2 aromatic heterocycles. The Balaban J connectivity index is 2.55. The van der Waals surface area contributed by atoms with E-state index in [1.165, 1.54) is 0 Å². The van der Waals surface area contributed by atoms with Crippen LogP contribution in [0.5, 0.6) is 0 Å². The van der Waals surface area contributed by atoms with Crippen molar-refractivity contribution in [2.75, 3.05) is 0 Å². The highest BCUT2D eigenvalue weighted by atomic mass is 35.5. The molecule has 0 atom stereocenters. The van der Waals surface area contributed by atoms with Crippen LogP contribution in [0.2, 0.25) is 5.15 Å². The summed E-state index contributed by atoms with van der Waals surface area (Å²) < 4.78 is 1.75. The van der Waals surface area contributed by atoms with Crippen LogP contribution < -0.4 is 0 Å². The van der Waals surface area contributed by atoms with Gasteiger partial charge < -0.3 is 0 Å². The Labute approximate surface area is 106 Å². The van der Waals surface area contributed by atoms with E-state index in [1.807, 2.05) is 20.2 Å². The molecule has 0 saturated carbocycles. The quantitative estimate of drug-likeness (QED) is 0.770. The number of halogens is 1. The minimum Gasteiger partial charge on any atom is -0.275 e. The standard InChI is InChI=1S/C12H15ClN4/c1-7(2)10-5-11(13)15-12(14-10)9-6-17(4)16-8(9)3/h5-7H,1-4H3. The van der Waals surface area contributed by atoms with Gasteiger partial charge in [-0.25, -0.2) is 9.97 Å². The van der Waals surface area contributed by atoms with Crippen LogP contribution >= 0.6 is 11.6 Å². The minimum absolute atomic E-state index is 0.325. The molecule has 4 nitrogen and oxygen atoms in total. The molecule has 0 saturated heterocycles. The van der Waals surface area contributed by atoms with Gasteiger partial charge in [-0.05, 0) is 18.9 Å². The predicted molar refractivity (Wildman–Crippen MR) is 68.1 cm³/mol. The highest BCUT2D eigenvalue weighted by Gasteiger charge is 2.12. The van der Waals surface area contributed by atoms with Gasteiger partial charge in [0.15, 0.2) is 5.82 Å². The van der Waals surface area contributed by atoms with Crippen LogP contribution in [0.3, 0.4) is 0 Å². The Bertz CT molecular complexity index is 545. The molecule has 0 fully saturated rings. The predicted octanol–water partition coefficient (Wildman–Crippen LogP) is 2.96. The lowest BCUT2D eigenvalue weighted by molar-refractivity contribution is 0.756. The number of rotatable bonds is 2. The van der Waals surface area contributed by atoms with E-state index in [2.05, 4.69) is 28.9 Å². The largest absolute Gasteiger partial charge is 0.275 e. The van der Waals surface area contributed by atoms with Gasteiger partial charge in [-0.1, -0.05) is 25.4 Å². The van der Waals surface area contributed by atoms with E-state index in [4.69, 9.17) is 11.6 Å². The first-order valence-electron chi connectivity index (χ1n) is 5.52. The summed E-state index contributed by atoms with van der Waals surface area (Å²) >= 11 is 6.02. The van der Waals surface area contributed by atoms with E-state index in [-0.39, 0.29) is 0 Å². The normalized spacial score (nSPS) is 11.2. The van der Waals surface area contributed by atoms with Crippen molar-refractivity contribution in [2.24, 2.45) is 7.05 Å². The van der Waals surface area contributed by atoms with Crippen molar-refractivity contribution in [3.63, 3.8) is 0 Å². The van der Waals surface area contributed by atoms with E-state index in [1.54, 1.807) is 10.7 Å². The van der Waals surface area contributed by atoms with Gasteiger partial charge in [0.25, 0.3) is 0 Å². The van der Waals surface area contributed by atoms with Crippen LogP contribution in [0.4, 0.5) is 0 Å². The average molecular weight is 251 g/mol. The molecule has 0 radical (unpaired) electrons. The number of hydrogen-bond acceptors (Lipinski definition) is 3. The first-order chi connectivity index (χ1) is 7.97. The fourth-order valence-electron chi connectivity index (χ4n) is 1.67. The Hall–Kier alpha value is -1.42. The van der Waals surface area contributed by atoms with E-state index in [0.29, 0.717) is 16.9 Å². The summed E-state index contributed by atoms with van der Waals surface area (Å²) in [6.45, 7) is 6.10. The van der Waals surface area contributed by atoms with Crippen LogP contribution in [0.1, 0.15) is 31.2 Å². The summed E-state index contributed by atoms with van der Waals surface area (Å²) in [7, 11) is 1.88. The van der Waals surface area contributed by atoms with Crippen molar-refractivity contribution in [3.05, 3.63) is 28.8 Å². The second-order valence-electron chi connectivity index (χ2n) is 4.40. The summed E-state index contributed by atoms with van der Waals surface area (Å²) in [5, 5.41) is 4.76. The lowest BCUT2D eigenvalue weighted by Gasteiger charge is -2.06. The third-order valence-corrected chi connectivity index (χ3v) is 2.75. The zero-order valence-corrected chi connectivity index (χ0v) is 11.2. The smallest absolute Gasteiger partial charge is 0.164 e. The molecule has 90 valence electrons. The summed E-state index contributed by atoms with van der Waals surface area (Å²) in [4.78, 5) is 8.79. The molecular formula is C12H15ClN4. The van der Waals surface area contributed by atoms with Crippen molar-refractivity contribution in [1.29, 1.82) is 0 Å². The van der Waals surface area contributed by atoms with Crippen LogP contribution in [-0.2, 0) is 7.05 Å². The maximum Gasteiger partial charge on any atom is 0.164 e. The van der Waals surface area contributed by atoms with Gasteiger partial charge in [0.2, 0.25) is 0 Å². The maximum absolute atomic E-state index is 6.02. The van der Waals surface area contributed by atoms with E-state index >= 15 is 0 Å². The second-order valence-corrected chi connectivity index (χ2v) is 4.78. The van der Waals surface area contributed by atoms with Crippen molar-refractivity contribution in [3.8, 4) is 11.4 Å². The van der Waals surface area contributed by atoms with Crippen LogP contribution in [0, 0.1) is 6.92 Å². The third kappa shape index (κ3) is 2.47. The molecule has 0 unspecified atom stereocenters. The van der Waals surface area contributed by atoms with Gasteiger partial charge in [-0.3, -0.25) is 4.68 Å². The highest BCUT2D eigenvalue weighted by Crippen LogP contribution is 2.23. The zero-order valence-electron chi connectivity index (χ0n) is 10.4. The average Bonchev–Trinajstić information content (AvgIpc) is 2.57. The molecule has 0 aliphatic heterocycles. The van der Waals surface area contributed by atoms with Crippen LogP contribution in [0.25, 0.3) is 11.4 Å². The monoisotopic (exact) mass is 250 g/mol. The highest BCUT2D eigenvalue weighted by molar-refractivity contribution is 6.29. The molecule has 0 bridgehead atoms. The molecule has 17 heavy (non-hydrogen) atoms. The second kappa shape index (κ2) is 4.45. The maximum atomic E-state index is 6.02. The fraction of sp³-hybridized carbons (Fsp3) is 0.417. The van der Waals surface area contributed by atoms with Crippen molar-refractivity contribution < 1.29 is 0 Å². The van der Waals surface area contributed by atoms with Gasteiger partial charge in [0.1, 0.15) is 5.15 Å². The summed E-state index contributed by atoms with van der Waals surface area (Å²) in [5.74, 6) is 0.970. The topological polar surface area (TPSA) is 43.6 Å². The first kappa shape index (κ1) is 12.0. The molecule has 2 rings (SSSR count). The summed E-state index contributed by atoms with van der Waals surface area (Å²) in [6.07, 6.45) is 1.91. The molecule has 0 amide bonds. The zero-order chi connectivity index (χ0) is 12.6. The minimum atomic E-state index is 0.325. The van der Waals surface area contributed by atoms with Crippen molar-refractivity contribution in [1.82, 2.24) is 19.7 Å². The molecule has 0 N–H and O–H groups in total. The van der Waals surface area contributed by atoms with Crippen molar-refractivity contribution >= 4 is 11.6 Å². The van der Waals surface area contributed by atoms with Crippen LogP contribution in [-0.4, -0.2) is 19.7 Å². The van der Waals surface area contributed by atoms with Gasteiger partial charge in [0, 0.05) is 18.9 Å². The Kier molecular flexibility index (Phi) is 3.15. The molecule has 5 heteroatoms. The number of aromatic nitrogens is 4. The molecule has 0 aliphatic rings. The SMILES string of the molecule is Cc1nn(C)cc1-c1nc(Cl)cc(C(C)C)n1. The van der Waals surface area contributed by atoms with Crippen molar-refractivity contribution in [2.45, 2.75) is 26.7 Å². The number of nitrogens with zero attached hydrogens (tertiary/aromatic N) is 4. The molecule has 0 spiro atoms. The van der Waals surface area contributed by atoms with E-state index < -0.39 is 0 Å². The molecule has 0 aliphatic carbocycles. The molecule has 2 heterocycles. The van der Waals surface area contributed by atoms with Gasteiger partial charge in [-0.2, -0.15) is 5.10 Å². The van der Waals surface area contributed by atoms with E-state index in [0.717, 1.165) is 17.0 Å². The Morgan fingerprint density at radius 3 is 2.53 bits per heavy atom. The molecule has 2 aromatic rings. The Morgan fingerprint density at radius 1 is 1.29 bits per heavy atom. The number of aryl methyl sites for hydroxylation is 2. The fourth-order valence-corrected chi connectivity index (χ4v) is 1.86. The lowest BCUT2D eigenvalue weighted by Crippen LogP contribution is -1.98. The first-order valence-corrected chi connectivity index (χ1v) is 5.90. The van der Waals surface area contributed by atoms with Gasteiger partial charge in [-0.15, -0.1) is 0 Å². The van der Waals surface area contributed by atoms with Gasteiger partial charge >= 0.3 is 0 Å². The van der Waals surface area contributed by atoms with Gasteiger partial charge in [0.05, 0.1) is 11.3 Å². The Morgan fingerprint density at radius 2 is 2.00 bits per heavy atom. The molecular weight excluding hydrogens is 236 g/mol. The number of hydrogen-bond donors (Lipinski definition) is 0. The summed E-state index contributed by atoms with van der Waals surface area (Å²) in [6, 6.07) is 1.81. The van der Waals surface area contributed by atoms with Crippen LogP contribution in [0.15, 0.2) is 12.3 Å². The molecule has 0 aromatic carbocycles. The lowest BCUT2D eigenvalue weighted by atomic mass is 10.1.